The second kappa shape index (κ2) is 5.65. The lowest BCUT2D eigenvalue weighted by atomic mass is 10.1. The van der Waals surface area contributed by atoms with Gasteiger partial charge in [0.15, 0.2) is 0 Å². The van der Waals surface area contributed by atoms with Crippen LogP contribution in [0, 0.1) is 11.2 Å². The molecule has 0 aromatic heterocycles. The third kappa shape index (κ3) is 3.19. The fourth-order valence-corrected chi connectivity index (χ4v) is 2.12. The van der Waals surface area contributed by atoms with Gasteiger partial charge in [0.1, 0.15) is 17.8 Å². The molecule has 1 fully saturated rings. The van der Waals surface area contributed by atoms with E-state index in [9.17, 15) is 4.39 Å². The maximum atomic E-state index is 13.2. The van der Waals surface area contributed by atoms with Crippen molar-refractivity contribution in [2.75, 3.05) is 19.7 Å². The molecule has 1 heterocycles. The second-order valence-electron chi connectivity index (χ2n) is 4.29. The molecule has 1 unspecified atom stereocenters. The fourth-order valence-electron chi connectivity index (χ4n) is 1.94. The van der Waals surface area contributed by atoms with Gasteiger partial charge in [0, 0.05) is 24.7 Å². The average molecular weight is 272 g/mol. The van der Waals surface area contributed by atoms with Gasteiger partial charge < -0.3 is 10.5 Å². The van der Waals surface area contributed by atoms with Crippen LogP contribution < -0.4 is 5.73 Å². The van der Waals surface area contributed by atoms with E-state index in [4.69, 9.17) is 27.5 Å². The molecule has 1 aliphatic rings. The molecule has 18 heavy (non-hydrogen) atoms. The number of nitrogens with two attached hydrogens (primary N) is 1. The first-order valence-corrected chi connectivity index (χ1v) is 6.06. The Morgan fingerprint density at radius 3 is 3.11 bits per heavy atom. The topological polar surface area (TPSA) is 62.3 Å². The number of hydrogen-bond acceptors (Lipinski definition) is 3. The number of rotatable bonds is 3. The molecule has 0 bridgehead atoms. The number of morpholine rings is 1. The minimum atomic E-state index is -0.383. The van der Waals surface area contributed by atoms with E-state index in [0.717, 1.165) is 12.1 Å². The van der Waals surface area contributed by atoms with Crippen molar-refractivity contribution in [2.24, 2.45) is 5.73 Å². The predicted octanol–water partition coefficient (Wildman–Crippen LogP) is 1.62. The van der Waals surface area contributed by atoms with Crippen molar-refractivity contribution in [1.82, 2.24) is 4.90 Å². The van der Waals surface area contributed by atoms with E-state index in [1.54, 1.807) is 6.07 Å². The smallest absolute Gasteiger partial charge is 0.127 e. The monoisotopic (exact) mass is 271 g/mol. The summed E-state index contributed by atoms with van der Waals surface area (Å²) in [5.41, 5.74) is 6.16. The van der Waals surface area contributed by atoms with Crippen LogP contribution in [-0.4, -0.2) is 36.5 Å². The van der Waals surface area contributed by atoms with E-state index in [1.165, 1.54) is 12.1 Å². The molecule has 0 saturated carbocycles. The molecule has 0 aliphatic carbocycles. The number of amidine groups is 1. The minimum absolute atomic E-state index is 0.0186. The standard InChI is InChI=1S/C12H15ClFN3O/c13-10-2-1-9(14)5-8(10)6-17-3-4-18-11(7-17)12(15)16/h1-2,5,11H,3-4,6-7H2,(H3,15,16). The van der Waals surface area contributed by atoms with Crippen molar-refractivity contribution in [3.63, 3.8) is 0 Å². The summed E-state index contributed by atoms with van der Waals surface area (Å²) >= 11 is 6.02. The first-order valence-electron chi connectivity index (χ1n) is 5.68. The van der Waals surface area contributed by atoms with Gasteiger partial charge in [0.05, 0.1) is 6.61 Å². The lowest BCUT2D eigenvalue weighted by molar-refractivity contribution is 0.00235. The van der Waals surface area contributed by atoms with E-state index >= 15 is 0 Å². The summed E-state index contributed by atoms with van der Waals surface area (Å²) in [5.74, 6) is -0.282. The third-order valence-corrected chi connectivity index (χ3v) is 3.27. The summed E-state index contributed by atoms with van der Waals surface area (Å²) in [6.07, 6.45) is -0.383. The first kappa shape index (κ1) is 13.3. The Hall–Kier alpha value is -1.17. The molecule has 1 aliphatic heterocycles. The van der Waals surface area contributed by atoms with Crippen LogP contribution in [0.5, 0.6) is 0 Å². The minimum Gasteiger partial charge on any atom is -0.385 e. The van der Waals surface area contributed by atoms with Crippen molar-refractivity contribution >= 4 is 17.4 Å². The number of ether oxygens (including phenoxy) is 1. The van der Waals surface area contributed by atoms with Gasteiger partial charge in [-0.15, -0.1) is 0 Å². The van der Waals surface area contributed by atoms with Gasteiger partial charge in [-0.3, -0.25) is 10.3 Å². The second-order valence-corrected chi connectivity index (χ2v) is 4.69. The van der Waals surface area contributed by atoms with E-state index < -0.39 is 0 Å². The van der Waals surface area contributed by atoms with Gasteiger partial charge in [0.2, 0.25) is 0 Å². The zero-order chi connectivity index (χ0) is 13.1. The maximum Gasteiger partial charge on any atom is 0.127 e. The van der Waals surface area contributed by atoms with Crippen LogP contribution in [0.15, 0.2) is 18.2 Å². The molecular formula is C12H15ClFN3O. The van der Waals surface area contributed by atoms with Crippen molar-refractivity contribution < 1.29 is 9.13 Å². The van der Waals surface area contributed by atoms with Gasteiger partial charge in [-0.1, -0.05) is 11.6 Å². The predicted molar refractivity (Wildman–Crippen MR) is 68.3 cm³/mol. The quantitative estimate of drug-likeness (QED) is 0.649. The fraction of sp³-hybridized carbons (Fsp3) is 0.417. The SMILES string of the molecule is N=C(N)C1CN(Cc2cc(F)ccc2Cl)CCO1. The Kier molecular flexibility index (Phi) is 4.16. The highest BCUT2D eigenvalue weighted by atomic mass is 35.5. The highest BCUT2D eigenvalue weighted by Gasteiger charge is 2.23. The van der Waals surface area contributed by atoms with Crippen LogP contribution >= 0.6 is 11.6 Å². The summed E-state index contributed by atoms with van der Waals surface area (Å²) in [7, 11) is 0. The van der Waals surface area contributed by atoms with Crippen LogP contribution in [-0.2, 0) is 11.3 Å². The van der Waals surface area contributed by atoms with Gasteiger partial charge >= 0.3 is 0 Å². The Balaban J connectivity index is 2.04. The summed E-state index contributed by atoms with van der Waals surface area (Å²) in [5, 5.41) is 7.92. The molecule has 0 amide bonds. The third-order valence-electron chi connectivity index (χ3n) is 2.90. The van der Waals surface area contributed by atoms with Crippen molar-refractivity contribution in [3.8, 4) is 0 Å². The molecule has 98 valence electrons. The number of nitrogens with zero attached hydrogens (tertiary/aromatic N) is 1. The van der Waals surface area contributed by atoms with E-state index in [2.05, 4.69) is 4.90 Å². The highest BCUT2D eigenvalue weighted by Crippen LogP contribution is 2.20. The number of benzene rings is 1. The lowest BCUT2D eigenvalue weighted by Crippen LogP contribution is -2.47. The molecule has 0 radical (unpaired) electrons. The van der Waals surface area contributed by atoms with Crippen LogP contribution in [0.25, 0.3) is 0 Å². The average Bonchev–Trinajstić information content (AvgIpc) is 2.34. The van der Waals surface area contributed by atoms with Gasteiger partial charge in [-0.2, -0.15) is 0 Å². The first-order chi connectivity index (χ1) is 8.56. The highest BCUT2D eigenvalue weighted by molar-refractivity contribution is 6.31. The molecule has 1 aromatic rings. The Labute approximate surface area is 110 Å². The van der Waals surface area contributed by atoms with Gasteiger partial charge in [-0.05, 0) is 23.8 Å². The van der Waals surface area contributed by atoms with Crippen LogP contribution in [0.2, 0.25) is 5.02 Å². The summed E-state index contributed by atoms with van der Waals surface area (Å²) in [6, 6.07) is 4.32. The molecule has 0 spiro atoms. The van der Waals surface area contributed by atoms with Crippen molar-refractivity contribution in [2.45, 2.75) is 12.6 Å². The van der Waals surface area contributed by atoms with Crippen LogP contribution in [0.4, 0.5) is 4.39 Å². The maximum absolute atomic E-state index is 13.2. The van der Waals surface area contributed by atoms with E-state index in [-0.39, 0.29) is 17.8 Å². The number of nitrogens with one attached hydrogen (secondary N) is 1. The molecule has 3 N–H and O–H groups in total. The van der Waals surface area contributed by atoms with Crippen LogP contribution in [0.3, 0.4) is 0 Å². The molecule has 1 atom stereocenters. The van der Waals surface area contributed by atoms with Crippen molar-refractivity contribution in [1.29, 1.82) is 5.41 Å². The molecular weight excluding hydrogens is 257 g/mol. The van der Waals surface area contributed by atoms with E-state index in [1.807, 2.05) is 0 Å². The molecule has 1 saturated heterocycles. The summed E-state index contributed by atoms with van der Waals surface area (Å²) in [6.45, 7) is 2.29. The zero-order valence-electron chi connectivity index (χ0n) is 9.83. The summed E-state index contributed by atoms with van der Waals surface area (Å²) in [4.78, 5) is 2.05. The van der Waals surface area contributed by atoms with E-state index in [0.29, 0.717) is 24.7 Å². The molecule has 6 heteroatoms. The Morgan fingerprint density at radius 2 is 2.39 bits per heavy atom. The Bertz CT molecular complexity index is 455. The molecule has 4 nitrogen and oxygen atoms in total. The number of hydrogen-bond donors (Lipinski definition) is 2. The number of halogens is 2. The zero-order valence-corrected chi connectivity index (χ0v) is 10.6. The van der Waals surface area contributed by atoms with Gasteiger partial charge in [0.25, 0.3) is 0 Å². The lowest BCUT2D eigenvalue weighted by Gasteiger charge is -2.32. The Morgan fingerprint density at radius 1 is 1.61 bits per heavy atom. The summed E-state index contributed by atoms with van der Waals surface area (Å²) < 4.78 is 18.5. The largest absolute Gasteiger partial charge is 0.385 e. The normalized spacial score (nSPS) is 20.9. The van der Waals surface area contributed by atoms with Crippen LogP contribution in [0.1, 0.15) is 5.56 Å². The molecule has 2 rings (SSSR count). The van der Waals surface area contributed by atoms with Crippen molar-refractivity contribution in [3.05, 3.63) is 34.6 Å². The molecule has 1 aromatic carbocycles. The van der Waals surface area contributed by atoms with Gasteiger partial charge in [-0.25, -0.2) is 4.39 Å².